The fourth-order valence-corrected chi connectivity index (χ4v) is 10.4. The zero-order chi connectivity index (χ0) is 55.2. The largest absolute Gasteiger partial charge is 0.444 e. The smallest absolute Gasteiger partial charge is 0.410 e. The van der Waals surface area contributed by atoms with Crippen LogP contribution < -0.4 is 27.4 Å². The van der Waals surface area contributed by atoms with Crippen molar-refractivity contribution in [3.8, 4) is 22.3 Å². The van der Waals surface area contributed by atoms with Crippen LogP contribution in [0.5, 0.6) is 0 Å². The molecule has 4 heterocycles. The number of ether oxygens (including phenoxy) is 1. The van der Waals surface area contributed by atoms with Gasteiger partial charge in [0.15, 0.2) is 0 Å². The van der Waals surface area contributed by atoms with Crippen molar-refractivity contribution in [2.75, 3.05) is 56.1 Å². The second kappa shape index (κ2) is 26.3. The van der Waals surface area contributed by atoms with E-state index in [9.17, 15) is 24.0 Å². The molecule has 406 valence electrons. The zero-order valence-corrected chi connectivity index (χ0v) is 46.0. The van der Waals surface area contributed by atoms with E-state index in [1.807, 2.05) is 104 Å². The topological polar surface area (TPSA) is 189 Å². The first kappa shape index (κ1) is 57.7. The average molecular weight is 1080 g/mol. The predicted molar refractivity (Wildman–Crippen MR) is 313 cm³/mol. The number of halogens is 2. The van der Waals surface area contributed by atoms with Gasteiger partial charge in [-0.15, -0.1) is 0 Å². The molecule has 0 saturated carbocycles. The highest BCUT2D eigenvalue weighted by Crippen LogP contribution is 2.38. The van der Waals surface area contributed by atoms with Gasteiger partial charge in [0.25, 0.3) is 22.3 Å². The highest BCUT2D eigenvalue weighted by Gasteiger charge is 2.45. The number of aryl methyl sites for hydroxylation is 1. The Hall–Kier alpha value is -7.03. The van der Waals surface area contributed by atoms with E-state index >= 15 is 0 Å². The molecular weight excluding hydrogens is 1010 g/mol. The molecule has 0 aromatic heterocycles. The van der Waals surface area contributed by atoms with Gasteiger partial charge in [0, 0.05) is 60.1 Å². The minimum atomic E-state index is -0.552. The molecule has 0 atom stereocenters. The average Bonchev–Trinajstić information content (AvgIpc) is 4.09. The number of carbonyl (C=O) groups is 5. The van der Waals surface area contributed by atoms with E-state index < -0.39 is 16.1 Å². The maximum Gasteiger partial charge on any atom is 0.410 e. The van der Waals surface area contributed by atoms with Crippen molar-refractivity contribution in [3.63, 3.8) is 0 Å². The third-order valence-corrected chi connectivity index (χ3v) is 15.0. The van der Waals surface area contributed by atoms with Gasteiger partial charge in [-0.1, -0.05) is 78.9 Å². The Morgan fingerprint density at radius 3 is 1.64 bits per heavy atom. The predicted octanol–water partition coefficient (Wildman–Crippen LogP) is 12.6. The number of amides is 3. The number of hydrogen-bond acceptors (Lipinski definition) is 10. The molecular formula is C62H73Cl2N7O6. The number of likely N-dealkylation sites (tertiary alicyclic amines) is 2. The first-order chi connectivity index (χ1) is 36.8. The summed E-state index contributed by atoms with van der Waals surface area (Å²) < 4.78 is 5.52. The summed E-state index contributed by atoms with van der Waals surface area (Å²) in [6.45, 7) is 13.3. The molecule has 0 unspecified atom stereocenters. The number of piperidine rings is 2. The number of nitrogens with one attached hydrogen (secondary N) is 3. The molecule has 15 heteroatoms. The molecule has 10 rings (SSSR count). The van der Waals surface area contributed by atoms with Crippen LogP contribution in [0.1, 0.15) is 121 Å². The Balaban J connectivity index is 0.000000187. The third kappa shape index (κ3) is 15.8. The molecule has 7 N–H and O–H groups in total. The van der Waals surface area contributed by atoms with Crippen molar-refractivity contribution in [2.45, 2.75) is 95.7 Å². The van der Waals surface area contributed by atoms with Crippen molar-refractivity contribution < 1.29 is 30.1 Å². The van der Waals surface area contributed by atoms with Crippen molar-refractivity contribution in [1.82, 2.24) is 20.4 Å². The summed E-state index contributed by atoms with van der Waals surface area (Å²) in [4.78, 5) is 63.1. The fraction of sp³-hybridized carbons (Fsp3) is 0.339. The van der Waals surface area contributed by atoms with E-state index in [1.165, 1.54) is 48.2 Å². The summed E-state index contributed by atoms with van der Waals surface area (Å²) in [6.07, 6.45) is 8.67. The summed E-state index contributed by atoms with van der Waals surface area (Å²) in [5.41, 5.74) is 21.1. The second-order valence-electron chi connectivity index (χ2n) is 21.1. The summed E-state index contributed by atoms with van der Waals surface area (Å²) in [6, 6.07) is 44.6. The van der Waals surface area contributed by atoms with Crippen LogP contribution >= 0.6 is 23.2 Å². The van der Waals surface area contributed by atoms with Gasteiger partial charge in [-0.25, -0.2) is 4.79 Å². The SMILES string of the molecule is CC(C)(C)OC(=O)N1CCCC12CCNCC2.Cc1ccc(-c2ccccc2)cc1N.Nc1ccc(-c2ccccc2)cc1NC(=O)c1ccc(C(=O)N2CCC3(CCCN3)CC2)cc1.O=C(Cl)c1ccc(C(=O)Cl)cc1.[2HH]. The lowest BCUT2D eigenvalue weighted by molar-refractivity contribution is 0.00199. The molecule has 4 aliphatic heterocycles. The zero-order valence-electron chi connectivity index (χ0n) is 44.5. The highest BCUT2D eigenvalue weighted by molar-refractivity contribution is 6.68. The molecule has 4 saturated heterocycles. The monoisotopic (exact) mass is 1080 g/mol. The van der Waals surface area contributed by atoms with E-state index in [0.29, 0.717) is 33.6 Å². The Morgan fingerprint density at radius 2 is 1.12 bits per heavy atom. The van der Waals surface area contributed by atoms with Crippen molar-refractivity contribution in [2.24, 2.45) is 0 Å². The molecule has 6 aromatic rings. The van der Waals surface area contributed by atoms with Gasteiger partial charge >= 0.3 is 6.09 Å². The van der Waals surface area contributed by atoms with Crippen molar-refractivity contribution in [1.29, 1.82) is 0 Å². The molecule has 2 spiro atoms. The number of nitrogens with zero attached hydrogens (tertiary/aromatic N) is 2. The molecule has 77 heavy (non-hydrogen) atoms. The summed E-state index contributed by atoms with van der Waals surface area (Å²) in [7, 11) is 0. The molecule has 4 fully saturated rings. The lowest BCUT2D eigenvalue weighted by atomic mass is 9.86. The first-order valence-electron chi connectivity index (χ1n) is 26.4. The van der Waals surface area contributed by atoms with Crippen LogP contribution in [0.4, 0.5) is 21.9 Å². The van der Waals surface area contributed by atoms with E-state index in [-0.39, 0.29) is 30.4 Å². The maximum atomic E-state index is 13.0. The van der Waals surface area contributed by atoms with Crippen LogP contribution in [0.2, 0.25) is 0 Å². The Labute approximate surface area is 464 Å². The van der Waals surface area contributed by atoms with Crippen LogP contribution in [0, 0.1) is 6.92 Å². The Morgan fingerprint density at radius 1 is 0.584 bits per heavy atom. The van der Waals surface area contributed by atoms with Crippen LogP contribution in [0.25, 0.3) is 22.3 Å². The molecule has 13 nitrogen and oxygen atoms in total. The molecule has 4 aliphatic rings. The molecule has 0 aliphatic carbocycles. The van der Waals surface area contributed by atoms with Gasteiger partial charge in [-0.3, -0.25) is 19.2 Å². The lowest BCUT2D eigenvalue weighted by Gasteiger charge is -2.42. The van der Waals surface area contributed by atoms with Gasteiger partial charge in [0.1, 0.15) is 5.60 Å². The van der Waals surface area contributed by atoms with Crippen molar-refractivity contribution >= 4 is 68.7 Å². The summed E-state index contributed by atoms with van der Waals surface area (Å²) in [5, 5.41) is 8.81. The summed E-state index contributed by atoms with van der Waals surface area (Å²) in [5.74, 6) is -0.234. The van der Waals surface area contributed by atoms with Crippen LogP contribution in [-0.2, 0) is 4.74 Å². The first-order valence-corrected chi connectivity index (χ1v) is 27.1. The van der Waals surface area contributed by atoms with Gasteiger partial charge in [-0.2, -0.15) is 0 Å². The fourth-order valence-electron chi connectivity index (χ4n) is 10.2. The number of anilines is 3. The van der Waals surface area contributed by atoms with Gasteiger partial charge in [-0.05, 0) is 216 Å². The van der Waals surface area contributed by atoms with Crippen LogP contribution in [-0.4, -0.2) is 94.1 Å². The molecule has 0 bridgehead atoms. The quantitative estimate of drug-likeness (QED) is 0.0760. The normalized spacial score (nSPS) is 16.1. The van der Waals surface area contributed by atoms with E-state index in [1.54, 1.807) is 30.3 Å². The number of benzene rings is 6. The van der Waals surface area contributed by atoms with Crippen LogP contribution in [0.3, 0.4) is 0 Å². The van der Waals surface area contributed by atoms with Crippen molar-refractivity contribution in [3.05, 3.63) is 173 Å². The number of hydrogen-bond donors (Lipinski definition) is 5. The van der Waals surface area contributed by atoms with Gasteiger partial charge < -0.3 is 42.0 Å². The second-order valence-corrected chi connectivity index (χ2v) is 21.8. The maximum absolute atomic E-state index is 13.0. The highest BCUT2D eigenvalue weighted by atomic mass is 35.5. The van der Waals surface area contributed by atoms with Gasteiger partial charge in [0.2, 0.25) is 0 Å². The van der Waals surface area contributed by atoms with E-state index in [2.05, 4.69) is 40.2 Å². The Kier molecular flexibility index (Phi) is 19.7. The lowest BCUT2D eigenvalue weighted by Crippen LogP contribution is -2.54. The Bertz CT molecular complexity index is 2940. The summed E-state index contributed by atoms with van der Waals surface area (Å²) >= 11 is 10.4. The van der Waals surface area contributed by atoms with Gasteiger partial charge in [0.05, 0.1) is 11.4 Å². The van der Waals surface area contributed by atoms with Crippen LogP contribution in [0.15, 0.2) is 146 Å². The minimum Gasteiger partial charge on any atom is -0.444 e. The van der Waals surface area contributed by atoms with E-state index in [0.717, 1.165) is 100 Å². The molecule has 6 aromatic carbocycles. The number of carbonyl (C=O) groups excluding carboxylic acids is 5. The number of rotatable bonds is 7. The third-order valence-electron chi connectivity index (χ3n) is 14.6. The number of nitrogens with two attached hydrogens (primary N) is 2. The standard InChI is InChI=1S/C28H30N4O2.C13H24N2O2.C13H13N.C8H4Cl2O2.H2/c29-24-12-11-23(20-5-2-1-3-6-20)19-25(24)31-26(33)21-7-9-22(10-8-21)27(34)32-17-14-28(15-18-32)13-4-16-30-28;1-12(2,3)17-11(16)15-10-4-5-13(15)6-8-14-9-7-13;1-10-7-8-12(9-13(10)14)11-5-3-2-4-6-11;9-7(11)5-1-2-6(4-3-5)8(10)12;/h1-3,5-12,19,30H,4,13-18,29H2,(H,31,33);14H,4-10H2,1-3H3;2-9H,14H2,1H3;1-4H;1H/i;;;;1+1. The number of nitrogen functional groups attached to an aromatic ring is 2. The minimum absolute atomic E-state index is 0. The molecule has 0 radical (unpaired) electrons. The van der Waals surface area contributed by atoms with E-state index in [4.69, 9.17) is 39.4 Å². The molecule has 3 amide bonds.